The van der Waals surface area contributed by atoms with Crippen molar-refractivity contribution in [3.63, 3.8) is 0 Å². The van der Waals surface area contributed by atoms with E-state index >= 15 is 0 Å². The zero-order valence-corrected chi connectivity index (χ0v) is 13.8. The van der Waals surface area contributed by atoms with E-state index in [2.05, 4.69) is 4.99 Å². The van der Waals surface area contributed by atoms with Crippen molar-refractivity contribution in [2.75, 3.05) is 30.0 Å². The summed E-state index contributed by atoms with van der Waals surface area (Å²) in [6.07, 6.45) is 1.65. The lowest BCUT2D eigenvalue weighted by molar-refractivity contribution is -0.117. The maximum Gasteiger partial charge on any atom is 0.248 e. The van der Waals surface area contributed by atoms with E-state index in [-0.39, 0.29) is 12.5 Å². The zero-order valence-electron chi connectivity index (χ0n) is 12.9. The Labute approximate surface area is 138 Å². The summed E-state index contributed by atoms with van der Waals surface area (Å²) >= 11 is 0. The minimum Gasteiger partial charge on any atom is -0.309 e. The maximum absolute atomic E-state index is 12.5. The number of para-hydroxylation sites is 1. The molecule has 0 aliphatic carbocycles. The van der Waals surface area contributed by atoms with Gasteiger partial charge >= 0.3 is 0 Å². The first-order valence-corrected chi connectivity index (χ1v) is 9.19. The highest BCUT2D eigenvalue weighted by atomic mass is 32.2. The van der Waals surface area contributed by atoms with Crippen molar-refractivity contribution in [1.82, 2.24) is 0 Å². The zero-order chi connectivity index (χ0) is 16.2. The third kappa shape index (κ3) is 3.40. The number of hydrogen-bond acceptors (Lipinski definition) is 3. The van der Waals surface area contributed by atoms with E-state index in [1.54, 1.807) is 11.2 Å². The maximum atomic E-state index is 12.5. The molecule has 1 aliphatic heterocycles. The normalized spacial score (nSPS) is 15.6. The molecule has 1 aliphatic rings. The Morgan fingerprint density at radius 2 is 1.78 bits per heavy atom. The molecule has 0 radical (unpaired) electrons. The van der Waals surface area contributed by atoms with Crippen molar-refractivity contribution in [1.29, 1.82) is 0 Å². The Kier molecular flexibility index (Phi) is 4.67. The minimum atomic E-state index is -0.941. The first-order valence-electron chi connectivity index (χ1n) is 7.46. The minimum absolute atomic E-state index is 0.0613. The van der Waals surface area contributed by atoms with Crippen molar-refractivity contribution in [3.8, 4) is 0 Å². The molecule has 1 heterocycles. The van der Waals surface area contributed by atoms with Gasteiger partial charge in [-0.2, -0.15) is 0 Å². The van der Waals surface area contributed by atoms with Gasteiger partial charge in [0.2, 0.25) is 5.91 Å². The van der Waals surface area contributed by atoms with Gasteiger partial charge in [-0.1, -0.05) is 48.5 Å². The van der Waals surface area contributed by atoms with Crippen molar-refractivity contribution < 1.29 is 9.00 Å². The number of hydrogen-bond donors (Lipinski definition) is 0. The number of benzene rings is 2. The van der Waals surface area contributed by atoms with Gasteiger partial charge in [0, 0.05) is 40.5 Å². The molecule has 3 rings (SSSR count). The molecule has 0 bridgehead atoms. The molecule has 0 fully saturated rings. The monoisotopic (exact) mass is 326 g/mol. The Balaban J connectivity index is 2.06. The van der Waals surface area contributed by atoms with Gasteiger partial charge in [0.15, 0.2) is 0 Å². The number of aliphatic imine (C=N–C) groups is 1. The summed E-state index contributed by atoms with van der Waals surface area (Å²) in [6, 6.07) is 17.6. The quantitative estimate of drug-likeness (QED) is 0.865. The average Bonchev–Trinajstić information content (AvgIpc) is 2.70. The van der Waals surface area contributed by atoms with Crippen LogP contribution < -0.4 is 4.90 Å². The van der Waals surface area contributed by atoms with E-state index in [1.807, 2.05) is 54.6 Å². The Bertz CT molecular complexity index is 772. The predicted octanol–water partition coefficient (Wildman–Crippen LogP) is 2.25. The van der Waals surface area contributed by atoms with Gasteiger partial charge in [0.05, 0.1) is 11.4 Å². The molecule has 5 heteroatoms. The van der Waals surface area contributed by atoms with E-state index in [1.165, 1.54) is 0 Å². The summed E-state index contributed by atoms with van der Waals surface area (Å²) in [7, 11) is -0.941. The van der Waals surface area contributed by atoms with Crippen molar-refractivity contribution in [2.45, 2.75) is 0 Å². The van der Waals surface area contributed by atoms with Gasteiger partial charge in [-0.3, -0.25) is 14.0 Å². The molecule has 0 saturated heterocycles. The van der Waals surface area contributed by atoms with E-state index in [0.717, 1.165) is 22.5 Å². The van der Waals surface area contributed by atoms with Crippen molar-refractivity contribution in [2.24, 2.45) is 4.99 Å². The number of rotatable bonds is 4. The van der Waals surface area contributed by atoms with Gasteiger partial charge in [0.1, 0.15) is 6.54 Å². The fraction of sp³-hybridized carbons (Fsp3) is 0.222. The van der Waals surface area contributed by atoms with Crippen LogP contribution in [0.3, 0.4) is 0 Å². The van der Waals surface area contributed by atoms with E-state index < -0.39 is 10.8 Å². The fourth-order valence-corrected chi connectivity index (χ4v) is 3.11. The van der Waals surface area contributed by atoms with Crippen LogP contribution in [0.2, 0.25) is 0 Å². The molecular weight excluding hydrogens is 308 g/mol. The smallest absolute Gasteiger partial charge is 0.248 e. The SMILES string of the molecule is CS(=O)CCN1C(=O)CN=C(c2ccccc2)c2ccccc21. The molecule has 1 unspecified atom stereocenters. The molecule has 23 heavy (non-hydrogen) atoms. The Hall–Kier alpha value is -2.27. The number of anilines is 1. The highest BCUT2D eigenvalue weighted by Gasteiger charge is 2.24. The summed E-state index contributed by atoms with van der Waals surface area (Å²) < 4.78 is 11.4. The molecule has 2 aromatic rings. The molecule has 0 N–H and O–H groups in total. The lowest BCUT2D eigenvalue weighted by atomic mass is 10.0. The molecule has 2 aromatic carbocycles. The molecular formula is C18H18N2O2S. The van der Waals surface area contributed by atoms with Crippen LogP contribution in [0.1, 0.15) is 11.1 Å². The number of amides is 1. The summed E-state index contributed by atoms with van der Waals surface area (Å²) in [5, 5.41) is 0. The molecule has 0 spiro atoms. The van der Waals surface area contributed by atoms with Crippen LogP contribution in [0.15, 0.2) is 59.6 Å². The van der Waals surface area contributed by atoms with Crippen LogP contribution in [-0.2, 0) is 15.6 Å². The summed E-state index contributed by atoms with van der Waals surface area (Å²) in [4.78, 5) is 18.7. The third-order valence-corrected chi connectivity index (χ3v) is 4.53. The second-order valence-corrected chi connectivity index (χ2v) is 6.93. The van der Waals surface area contributed by atoms with Crippen LogP contribution >= 0.6 is 0 Å². The molecule has 1 atom stereocenters. The highest BCUT2D eigenvalue weighted by Crippen LogP contribution is 2.26. The van der Waals surface area contributed by atoms with Crippen LogP contribution in [0.5, 0.6) is 0 Å². The van der Waals surface area contributed by atoms with E-state index in [4.69, 9.17) is 0 Å². The number of carbonyl (C=O) groups is 1. The van der Waals surface area contributed by atoms with Crippen LogP contribution in [0.4, 0.5) is 5.69 Å². The molecule has 0 saturated carbocycles. The van der Waals surface area contributed by atoms with Gasteiger partial charge in [-0.15, -0.1) is 0 Å². The van der Waals surface area contributed by atoms with Crippen LogP contribution in [0.25, 0.3) is 0 Å². The summed E-state index contributed by atoms with van der Waals surface area (Å²) in [6.45, 7) is 0.547. The van der Waals surface area contributed by atoms with Crippen molar-refractivity contribution in [3.05, 3.63) is 65.7 Å². The molecule has 1 amide bonds. The fourth-order valence-electron chi connectivity index (χ4n) is 2.67. The standard InChI is InChI=1S/C18H18N2O2S/c1-23(22)12-11-20-16-10-6-5-9-15(16)18(19-13-17(20)21)14-7-3-2-4-8-14/h2-10H,11-13H2,1H3. The molecule has 4 nitrogen and oxygen atoms in total. The van der Waals surface area contributed by atoms with E-state index in [9.17, 15) is 9.00 Å². The van der Waals surface area contributed by atoms with Crippen LogP contribution in [-0.4, -0.2) is 40.9 Å². The second-order valence-electron chi connectivity index (χ2n) is 5.37. The van der Waals surface area contributed by atoms with Crippen molar-refractivity contribution >= 4 is 28.1 Å². The van der Waals surface area contributed by atoms with Gasteiger partial charge < -0.3 is 4.90 Å². The largest absolute Gasteiger partial charge is 0.309 e. The summed E-state index contributed by atoms with van der Waals surface area (Å²) in [5.74, 6) is 0.398. The lowest BCUT2D eigenvalue weighted by Gasteiger charge is -2.22. The second kappa shape index (κ2) is 6.87. The predicted molar refractivity (Wildman–Crippen MR) is 94.7 cm³/mol. The van der Waals surface area contributed by atoms with Gasteiger partial charge in [-0.25, -0.2) is 0 Å². The molecule has 0 aromatic heterocycles. The first-order chi connectivity index (χ1) is 11.2. The van der Waals surface area contributed by atoms with E-state index in [0.29, 0.717) is 12.3 Å². The van der Waals surface area contributed by atoms with Crippen LogP contribution in [0, 0.1) is 0 Å². The highest BCUT2D eigenvalue weighted by molar-refractivity contribution is 7.84. The first kappa shape index (κ1) is 15.6. The number of fused-ring (bicyclic) bond motifs is 1. The number of nitrogens with zero attached hydrogens (tertiary/aromatic N) is 2. The Morgan fingerprint density at radius 1 is 1.09 bits per heavy atom. The van der Waals surface area contributed by atoms with Gasteiger partial charge in [0.25, 0.3) is 0 Å². The number of carbonyl (C=O) groups excluding carboxylic acids is 1. The molecule has 118 valence electrons. The topological polar surface area (TPSA) is 49.7 Å². The number of benzodiazepines with no additional fused rings is 1. The third-order valence-electron chi connectivity index (χ3n) is 3.77. The summed E-state index contributed by atoms with van der Waals surface area (Å²) in [5.41, 5.74) is 3.60. The Morgan fingerprint density at radius 3 is 2.52 bits per heavy atom. The van der Waals surface area contributed by atoms with Gasteiger partial charge in [-0.05, 0) is 6.07 Å². The lowest BCUT2D eigenvalue weighted by Crippen LogP contribution is -2.35. The average molecular weight is 326 g/mol.